The van der Waals surface area contributed by atoms with Gasteiger partial charge in [-0.3, -0.25) is 14.5 Å². The van der Waals surface area contributed by atoms with Crippen molar-refractivity contribution in [3.63, 3.8) is 0 Å². The SMILES string of the molecule is O=C(CCC1CNC(=O)C2CC(NCc3ccccc3)CN12)Nc1ccccc1. The fraction of sp³-hybridized carbons (Fsp3) is 0.391. The van der Waals surface area contributed by atoms with Crippen molar-refractivity contribution in [2.75, 3.05) is 18.4 Å². The molecule has 3 N–H and O–H groups in total. The van der Waals surface area contributed by atoms with Crippen molar-refractivity contribution in [3.05, 3.63) is 66.2 Å². The standard InChI is InChI=1S/C23H28N4O2/c28-22(26-18-9-5-2-6-10-18)12-11-20-15-25-23(29)21-13-19(16-27(20)21)24-14-17-7-3-1-4-8-17/h1-10,19-21,24H,11-16H2,(H,25,29)(H,26,28). The summed E-state index contributed by atoms with van der Waals surface area (Å²) in [6, 6.07) is 20.2. The summed E-state index contributed by atoms with van der Waals surface area (Å²) in [4.78, 5) is 27.0. The minimum Gasteiger partial charge on any atom is -0.353 e. The zero-order chi connectivity index (χ0) is 20.1. The van der Waals surface area contributed by atoms with E-state index in [2.05, 4.69) is 33.0 Å². The van der Waals surface area contributed by atoms with Gasteiger partial charge in [-0.15, -0.1) is 0 Å². The van der Waals surface area contributed by atoms with Gasteiger partial charge in [0.1, 0.15) is 0 Å². The first kappa shape index (κ1) is 19.6. The molecule has 0 spiro atoms. The molecule has 3 unspecified atom stereocenters. The van der Waals surface area contributed by atoms with Crippen molar-refractivity contribution in [1.29, 1.82) is 0 Å². The molecule has 152 valence electrons. The molecule has 6 nitrogen and oxygen atoms in total. The van der Waals surface area contributed by atoms with E-state index in [4.69, 9.17) is 0 Å². The third-order valence-corrected chi connectivity index (χ3v) is 5.82. The third kappa shape index (κ3) is 5.02. The first-order valence-electron chi connectivity index (χ1n) is 10.3. The Kier molecular flexibility index (Phi) is 6.22. The zero-order valence-electron chi connectivity index (χ0n) is 16.5. The van der Waals surface area contributed by atoms with Gasteiger partial charge in [-0.05, 0) is 30.5 Å². The lowest BCUT2D eigenvalue weighted by atomic mass is 10.0. The summed E-state index contributed by atoms with van der Waals surface area (Å²) in [5.74, 6) is 0.126. The summed E-state index contributed by atoms with van der Waals surface area (Å²) in [6.07, 6.45) is 1.99. The van der Waals surface area contributed by atoms with Crippen LogP contribution in [0.15, 0.2) is 60.7 Å². The summed E-state index contributed by atoms with van der Waals surface area (Å²) in [7, 11) is 0. The van der Waals surface area contributed by atoms with E-state index in [1.54, 1.807) is 0 Å². The highest BCUT2D eigenvalue weighted by atomic mass is 16.2. The molecule has 6 heteroatoms. The Labute approximate surface area is 171 Å². The Morgan fingerprint density at radius 1 is 1.07 bits per heavy atom. The molecular weight excluding hydrogens is 364 g/mol. The summed E-state index contributed by atoms with van der Waals surface area (Å²) in [5, 5.41) is 9.56. The molecule has 4 rings (SSSR count). The van der Waals surface area contributed by atoms with Crippen LogP contribution in [-0.2, 0) is 16.1 Å². The number of rotatable bonds is 7. The maximum atomic E-state index is 12.4. The number of nitrogens with one attached hydrogen (secondary N) is 3. The second-order valence-corrected chi connectivity index (χ2v) is 7.86. The summed E-state index contributed by atoms with van der Waals surface area (Å²) in [6.45, 7) is 2.26. The number of fused-ring (bicyclic) bond motifs is 1. The highest BCUT2D eigenvalue weighted by Gasteiger charge is 2.43. The first-order chi connectivity index (χ1) is 14.2. The smallest absolute Gasteiger partial charge is 0.237 e. The second kappa shape index (κ2) is 9.20. The van der Waals surface area contributed by atoms with Crippen LogP contribution in [0, 0.1) is 0 Å². The van der Waals surface area contributed by atoms with Gasteiger partial charge < -0.3 is 16.0 Å². The van der Waals surface area contributed by atoms with E-state index in [9.17, 15) is 9.59 Å². The fourth-order valence-corrected chi connectivity index (χ4v) is 4.29. The molecule has 0 bridgehead atoms. The quantitative estimate of drug-likeness (QED) is 0.675. The minimum atomic E-state index is -0.0980. The molecule has 2 aromatic carbocycles. The predicted molar refractivity (Wildman–Crippen MR) is 113 cm³/mol. The van der Waals surface area contributed by atoms with Gasteiger partial charge >= 0.3 is 0 Å². The Morgan fingerprint density at radius 2 is 1.79 bits per heavy atom. The molecule has 3 atom stereocenters. The molecule has 2 aliphatic heterocycles. The Hall–Kier alpha value is -2.70. The zero-order valence-corrected chi connectivity index (χ0v) is 16.5. The molecule has 2 fully saturated rings. The number of piperazine rings is 1. The van der Waals surface area contributed by atoms with Crippen molar-refractivity contribution >= 4 is 17.5 Å². The fourth-order valence-electron chi connectivity index (χ4n) is 4.29. The van der Waals surface area contributed by atoms with Crippen molar-refractivity contribution in [3.8, 4) is 0 Å². The van der Waals surface area contributed by atoms with E-state index in [1.165, 1.54) is 5.56 Å². The van der Waals surface area contributed by atoms with Crippen LogP contribution >= 0.6 is 0 Å². The highest BCUT2D eigenvalue weighted by molar-refractivity contribution is 5.90. The van der Waals surface area contributed by atoms with Gasteiger partial charge in [0.2, 0.25) is 11.8 Å². The highest BCUT2D eigenvalue weighted by Crippen LogP contribution is 2.26. The molecule has 0 radical (unpaired) electrons. The van der Waals surface area contributed by atoms with Gasteiger partial charge in [-0.25, -0.2) is 0 Å². The van der Waals surface area contributed by atoms with Crippen molar-refractivity contribution in [2.45, 2.75) is 43.9 Å². The maximum Gasteiger partial charge on any atom is 0.237 e. The van der Waals surface area contributed by atoms with Gasteiger partial charge in [0.25, 0.3) is 0 Å². The molecule has 0 aliphatic carbocycles. The van der Waals surface area contributed by atoms with Gasteiger partial charge in [0.15, 0.2) is 0 Å². The Bertz CT molecular complexity index is 827. The van der Waals surface area contributed by atoms with Crippen LogP contribution in [0.25, 0.3) is 0 Å². The van der Waals surface area contributed by atoms with Crippen LogP contribution in [-0.4, -0.2) is 47.9 Å². The monoisotopic (exact) mass is 392 g/mol. The van der Waals surface area contributed by atoms with E-state index < -0.39 is 0 Å². The lowest BCUT2D eigenvalue weighted by Gasteiger charge is -2.37. The van der Waals surface area contributed by atoms with E-state index in [1.807, 2.05) is 48.5 Å². The number of carbonyl (C=O) groups excluding carboxylic acids is 2. The average molecular weight is 393 g/mol. The Morgan fingerprint density at radius 3 is 2.55 bits per heavy atom. The Balaban J connectivity index is 1.29. The molecule has 2 saturated heterocycles. The normalized spacial score (nSPS) is 24.0. The molecule has 2 heterocycles. The summed E-state index contributed by atoms with van der Waals surface area (Å²) < 4.78 is 0. The molecule has 2 aliphatic rings. The van der Waals surface area contributed by atoms with E-state index in [-0.39, 0.29) is 29.9 Å². The van der Waals surface area contributed by atoms with Crippen LogP contribution in [0.1, 0.15) is 24.8 Å². The number of nitrogens with zero attached hydrogens (tertiary/aromatic N) is 1. The predicted octanol–water partition coefficient (Wildman–Crippen LogP) is 2.14. The summed E-state index contributed by atoms with van der Waals surface area (Å²) >= 11 is 0. The van der Waals surface area contributed by atoms with Crippen LogP contribution in [0.2, 0.25) is 0 Å². The third-order valence-electron chi connectivity index (χ3n) is 5.82. The topological polar surface area (TPSA) is 73.5 Å². The van der Waals surface area contributed by atoms with Crippen molar-refractivity contribution in [1.82, 2.24) is 15.5 Å². The van der Waals surface area contributed by atoms with Crippen molar-refractivity contribution in [2.24, 2.45) is 0 Å². The van der Waals surface area contributed by atoms with Gasteiger partial charge in [0, 0.05) is 43.8 Å². The molecule has 0 saturated carbocycles. The molecule has 2 aromatic rings. The molecule has 29 heavy (non-hydrogen) atoms. The van der Waals surface area contributed by atoms with Gasteiger partial charge in [-0.2, -0.15) is 0 Å². The van der Waals surface area contributed by atoms with Gasteiger partial charge in [0.05, 0.1) is 6.04 Å². The first-order valence-corrected chi connectivity index (χ1v) is 10.3. The lowest BCUT2D eigenvalue weighted by Crippen LogP contribution is -2.57. The van der Waals surface area contributed by atoms with Crippen LogP contribution in [0.3, 0.4) is 0 Å². The van der Waals surface area contributed by atoms with Crippen LogP contribution < -0.4 is 16.0 Å². The number of amides is 2. The van der Waals surface area contributed by atoms with Gasteiger partial charge in [-0.1, -0.05) is 48.5 Å². The average Bonchev–Trinajstić information content (AvgIpc) is 3.19. The maximum absolute atomic E-state index is 12.4. The molecule has 2 amide bonds. The number of anilines is 1. The van der Waals surface area contributed by atoms with Crippen molar-refractivity contribution < 1.29 is 9.59 Å². The summed E-state index contributed by atoms with van der Waals surface area (Å²) in [5.41, 5.74) is 2.06. The molecule has 0 aromatic heterocycles. The lowest BCUT2D eigenvalue weighted by molar-refractivity contribution is -0.129. The van der Waals surface area contributed by atoms with E-state index >= 15 is 0 Å². The number of para-hydroxylation sites is 1. The van der Waals surface area contributed by atoms with Crippen LogP contribution in [0.4, 0.5) is 5.69 Å². The number of hydrogen-bond acceptors (Lipinski definition) is 4. The van der Waals surface area contributed by atoms with Crippen LogP contribution in [0.5, 0.6) is 0 Å². The number of hydrogen-bond donors (Lipinski definition) is 3. The second-order valence-electron chi connectivity index (χ2n) is 7.86. The molecular formula is C23H28N4O2. The minimum absolute atomic E-state index is 0.0163. The largest absolute Gasteiger partial charge is 0.353 e. The number of benzene rings is 2. The van der Waals surface area contributed by atoms with E-state index in [0.29, 0.717) is 13.0 Å². The number of carbonyl (C=O) groups is 2. The van der Waals surface area contributed by atoms with E-state index in [0.717, 1.165) is 31.6 Å².